The second-order valence-corrected chi connectivity index (χ2v) is 6.21. The highest BCUT2D eigenvalue weighted by molar-refractivity contribution is 5.87. The summed E-state index contributed by atoms with van der Waals surface area (Å²) >= 11 is 0. The lowest BCUT2D eigenvalue weighted by molar-refractivity contribution is -0.153. The smallest absolute Gasteiger partial charge is 0.243 e. The third-order valence-corrected chi connectivity index (χ3v) is 4.92. The molecule has 2 saturated heterocycles. The van der Waals surface area contributed by atoms with Gasteiger partial charge in [0.25, 0.3) is 0 Å². The van der Waals surface area contributed by atoms with Crippen LogP contribution in [0.3, 0.4) is 0 Å². The second-order valence-electron chi connectivity index (χ2n) is 6.21. The molecule has 22 heavy (non-hydrogen) atoms. The Morgan fingerprint density at radius 2 is 2.09 bits per heavy atom. The zero-order valence-corrected chi connectivity index (χ0v) is 12.6. The first-order valence-electron chi connectivity index (χ1n) is 7.75. The summed E-state index contributed by atoms with van der Waals surface area (Å²) in [5, 5.41) is 0. The van der Waals surface area contributed by atoms with Crippen molar-refractivity contribution in [3.05, 3.63) is 18.7 Å². The minimum absolute atomic E-state index is 0.0765. The van der Waals surface area contributed by atoms with Gasteiger partial charge in [-0.25, -0.2) is 4.98 Å². The molecule has 1 aromatic rings. The van der Waals surface area contributed by atoms with Crippen molar-refractivity contribution in [2.75, 3.05) is 19.8 Å². The number of hydrogen-bond acceptors (Lipinski definition) is 4. The van der Waals surface area contributed by atoms with Gasteiger partial charge in [-0.05, 0) is 25.7 Å². The van der Waals surface area contributed by atoms with Gasteiger partial charge in [-0.2, -0.15) is 0 Å². The third kappa shape index (κ3) is 2.72. The van der Waals surface area contributed by atoms with Crippen LogP contribution in [-0.4, -0.2) is 52.1 Å². The molecule has 0 aromatic carbocycles. The van der Waals surface area contributed by atoms with Crippen LogP contribution in [0.15, 0.2) is 18.7 Å². The number of aromatic nitrogens is 2. The minimum atomic E-state index is -0.527. The van der Waals surface area contributed by atoms with E-state index in [4.69, 9.17) is 10.5 Å². The summed E-state index contributed by atoms with van der Waals surface area (Å²) in [5.41, 5.74) is 5.47. The van der Waals surface area contributed by atoms with Gasteiger partial charge in [0.05, 0.1) is 6.33 Å². The summed E-state index contributed by atoms with van der Waals surface area (Å²) in [5.74, 6) is -0.479. The first kappa shape index (κ1) is 15.0. The average molecular weight is 306 g/mol. The van der Waals surface area contributed by atoms with E-state index in [0.717, 1.165) is 25.7 Å². The maximum absolute atomic E-state index is 12.6. The van der Waals surface area contributed by atoms with Gasteiger partial charge >= 0.3 is 0 Å². The van der Waals surface area contributed by atoms with Crippen LogP contribution in [-0.2, 0) is 20.9 Å². The summed E-state index contributed by atoms with van der Waals surface area (Å²) in [6, 6.07) is -0.527. The maximum atomic E-state index is 12.6. The van der Waals surface area contributed by atoms with E-state index < -0.39 is 11.9 Å². The number of ether oxygens (including phenoxy) is 1. The number of imidazole rings is 1. The highest BCUT2D eigenvalue weighted by Crippen LogP contribution is 2.44. The summed E-state index contributed by atoms with van der Waals surface area (Å²) in [6.07, 6.45) is 8.38. The molecule has 2 amide bonds. The molecular formula is C15H22N4O3. The van der Waals surface area contributed by atoms with Crippen LogP contribution in [0.4, 0.5) is 0 Å². The fraction of sp³-hybridized carbons (Fsp3) is 0.667. The monoisotopic (exact) mass is 306 g/mol. The molecule has 0 saturated carbocycles. The van der Waals surface area contributed by atoms with Gasteiger partial charge in [-0.3, -0.25) is 9.59 Å². The quantitative estimate of drug-likeness (QED) is 0.861. The van der Waals surface area contributed by atoms with Crippen LogP contribution in [0.2, 0.25) is 0 Å². The Kier molecular flexibility index (Phi) is 4.15. The minimum Gasteiger partial charge on any atom is -0.381 e. The van der Waals surface area contributed by atoms with Crippen molar-refractivity contribution in [2.45, 2.75) is 38.3 Å². The molecule has 7 nitrogen and oxygen atoms in total. The first-order valence-corrected chi connectivity index (χ1v) is 7.75. The predicted molar refractivity (Wildman–Crippen MR) is 78.6 cm³/mol. The molecule has 3 heterocycles. The number of carbonyl (C=O) groups excluding carboxylic acids is 2. The summed E-state index contributed by atoms with van der Waals surface area (Å²) in [4.78, 5) is 30.4. The van der Waals surface area contributed by atoms with Gasteiger partial charge in [0.15, 0.2) is 0 Å². The van der Waals surface area contributed by atoms with E-state index in [-0.39, 0.29) is 17.9 Å². The molecule has 1 unspecified atom stereocenters. The zero-order chi connectivity index (χ0) is 15.6. The van der Waals surface area contributed by atoms with E-state index in [1.807, 2.05) is 0 Å². The van der Waals surface area contributed by atoms with Crippen molar-refractivity contribution in [2.24, 2.45) is 11.1 Å². The topological polar surface area (TPSA) is 90.5 Å². The molecule has 1 spiro atoms. The molecule has 2 aliphatic heterocycles. The van der Waals surface area contributed by atoms with Gasteiger partial charge in [-0.15, -0.1) is 0 Å². The van der Waals surface area contributed by atoms with E-state index in [9.17, 15) is 9.59 Å². The molecule has 1 aromatic heterocycles. The molecule has 2 aliphatic rings. The van der Waals surface area contributed by atoms with Crippen molar-refractivity contribution in [1.82, 2.24) is 14.5 Å². The number of primary amides is 1. The standard InChI is InChI=1S/C15H22N4O3/c16-14(21)13-15(3-8-22-9-4-15)2-1-6-19(13)12(20)10-18-7-5-17-11-18/h5,7,11,13H,1-4,6,8-10H2,(H2,16,21). The number of hydrogen-bond donors (Lipinski definition) is 1. The second kappa shape index (κ2) is 6.08. The Bertz CT molecular complexity index is 531. The van der Waals surface area contributed by atoms with E-state index in [0.29, 0.717) is 19.8 Å². The van der Waals surface area contributed by atoms with Crippen molar-refractivity contribution in [3.8, 4) is 0 Å². The number of amides is 2. The largest absolute Gasteiger partial charge is 0.381 e. The van der Waals surface area contributed by atoms with Crippen molar-refractivity contribution < 1.29 is 14.3 Å². The fourth-order valence-electron chi connectivity index (χ4n) is 3.85. The lowest BCUT2D eigenvalue weighted by atomic mass is 9.67. The van der Waals surface area contributed by atoms with E-state index in [1.165, 1.54) is 0 Å². The number of nitrogens with zero attached hydrogens (tertiary/aromatic N) is 3. The van der Waals surface area contributed by atoms with Crippen LogP contribution in [0.1, 0.15) is 25.7 Å². The Hall–Kier alpha value is -1.89. The van der Waals surface area contributed by atoms with E-state index in [2.05, 4.69) is 4.98 Å². The molecule has 0 aliphatic carbocycles. The Balaban J connectivity index is 1.82. The number of rotatable bonds is 3. The molecule has 0 bridgehead atoms. The van der Waals surface area contributed by atoms with Gasteiger partial charge in [0, 0.05) is 37.6 Å². The van der Waals surface area contributed by atoms with Crippen molar-refractivity contribution >= 4 is 11.8 Å². The molecule has 2 fully saturated rings. The lowest BCUT2D eigenvalue weighted by Crippen LogP contribution is -2.61. The molecule has 120 valence electrons. The van der Waals surface area contributed by atoms with Gasteiger partial charge in [0.2, 0.25) is 11.8 Å². The van der Waals surface area contributed by atoms with Gasteiger partial charge in [-0.1, -0.05) is 0 Å². The van der Waals surface area contributed by atoms with Crippen LogP contribution in [0.5, 0.6) is 0 Å². The highest BCUT2D eigenvalue weighted by atomic mass is 16.5. The van der Waals surface area contributed by atoms with Crippen molar-refractivity contribution in [3.63, 3.8) is 0 Å². The van der Waals surface area contributed by atoms with Crippen LogP contribution in [0, 0.1) is 5.41 Å². The number of nitrogens with two attached hydrogens (primary N) is 1. The summed E-state index contributed by atoms with van der Waals surface area (Å²) in [6.45, 7) is 2.04. The fourth-order valence-corrected chi connectivity index (χ4v) is 3.85. The number of likely N-dealkylation sites (tertiary alicyclic amines) is 1. The predicted octanol–water partition coefficient (Wildman–Crippen LogP) is 0.156. The van der Waals surface area contributed by atoms with Crippen molar-refractivity contribution in [1.29, 1.82) is 0 Å². The molecule has 1 atom stereocenters. The Labute approximate surface area is 129 Å². The summed E-state index contributed by atoms with van der Waals surface area (Å²) < 4.78 is 7.15. The maximum Gasteiger partial charge on any atom is 0.243 e. The Morgan fingerprint density at radius 1 is 1.32 bits per heavy atom. The van der Waals surface area contributed by atoms with Crippen LogP contribution >= 0.6 is 0 Å². The summed E-state index contributed by atoms with van der Waals surface area (Å²) in [7, 11) is 0. The zero-order valence-electron chi connectivity index (χ0n) is 12.6. The number of carbonyl (C=O) groups is 2. The molecule has 7 heteroatoms. The number of piperidine rings is 1. The van der Waals surface area contributed by atoms with Gasteiger partial charge in [0.1, 0.15) is 12.6 Å². The molecule has 2 N–H and O–H groups in total. The third-order valence-electron chi connectivity index (χ3n) is 4.92. The van der Waals surface area contributed by atoms with E-state index in [1.54, 1.807) is 28.2 Å². The molecule has 3 rings (SSSR count). The van der Waals surface area contributed by atoms with E-state index >= 15 is 0 Å². The molecule has 0 radical (unpaired) electrons. The van der Waals surface area contributed by atoms with Crippen LogP contribution < -0.4 is 5.73 Å². The normalized spacial score (nSPS) is 24.4. The first-order chi connectivity index (χ1) is 10.6. The Morgan fingerprint density at radius 3 is 2.73 bits per heavy atom. The SMILES string of the molecule is NC(=O)C1N(C(=O)Cn2ccnc2)CCCC12CCOCC2. The van der Waals surface area contributed by atoms with Crippen LogP contribution in [0.25, 0.3) is 0 Å². The lowest BCUT2D eigenvalue weighted by Gasteiger charge is -2.50. The highest BCUT2D eigenvalue weighted by Gasteiger charge is 2.49. The average Bonchev–Trinajstić information content (AvgIpc) is 3.00. The molecular weight excluding hydrogens is 284 g/mol. The van der Waals surface area contributed by atoms with Gasteiger partial charge < -0.3 is 19.9 Å².